The summed E-state index contributed by atoms with van der Waals surface area (Å²) in [5.74, 6) is 2.28. The number of H-pyrrole nitrogens is 1. The Morgan fingerprint density at radius 2 is 1.79 bits per heavy atom. The maximum Gasteiger partial charge on any atom is 0.127 e. The molecule has 7 heteroatoms. The van der Waals surface area contributed by atoms with Gasteiger partial charge in [0, 0.05) is 62.4 Å². The molecule has 1 spiro atoms. The Kier molecular flexibility index (Phi) is 6.04. The van der Waals surface area contributed by atoms with Gasteiger partial charge in [-0.05, 0) is 44.3 Å². The number of aromatic nitrogens is 4. The molecule has 7 nitrogen and oxygen atoms in total. The third-order valence-electron chi connectivity index (χ3n) is 6.75. The van der Waals surface area contributed by atoms with E-state index < -0.39 is 0 Å². The molecule has 2 fully saturated rings. The monoisotopic (exact) mass is 384 g/mol. The van der Waals surface area contributed by atoms with E-state index in [0.29, 0.717) is 5.92 Å². The summed E-state index contributed by atoms with van der Waals surface area (Å²) in [7, 11) is 0. The summed E-state index contributed by atoms with van der Waals surface area (Å²) >= 11 is 0. The highest BCUT2D eigenvalue weighted by Crippen LogP contribution is 2.45. The van der Waals surface area contributed by atoms with E-state index >= 15 is 0 Å². The van der Waals surface area contributed by atoms with Crippen LogP contribution < -0.4 is 0 Å². The third kappa shape index (κ3) is 4.26. The van der Waals surface area contributed by atoms with Crippen molar-refractivity contribution in [2.24, 2.45) is 11.3 Å². The summed E-state index contributed by atoms with van der Waals surface area (Å²) in [6.45, 7) is 8.35. The van der Waals surface area contributed by atoms with E-state index in [4.69, 9.17) is 0 Å². The molecule has 0 radical (unpaired) electrons. The number of nitrogens with zero attached hydrogens (tertiary/aromatic N) is 5. The molecule has 1 atom stereocenters. The number of likely N-dealkylation sites (tertiary alicyclic amines) is 2. The van der Waals surface area contributed by atoms with Crippen LogP contribution in [-0.2, 0) is 19.5 Å². The predicted molar refractivity (Wildman–Crippen MR) is 107 cm³/mol. The lowest BCUT2D eigenvalue weighted by molar-refractivity contribution is -0.0455. The van der Waals surface area contributed by atoms with E-state index in [0.717, 1.165) is 57.3 Å². The van der Waals surface area contributed by atoms with E-state index in [1.165, 1.54) is 24.8 Å². The van der Waals surface area contributed by atoms with Crippen molar-refractivity contribution in [3.63, 3.8) is 0 Å². The first-order chi connectivity index (χ1) is 13.7. The molecular formula is C21H32N6O. The standard InChI is InChI=1S/C21H32N6O/c1-2-19-24-11-17(12-25-19)13-26-8-3-21(4-9-26)5-10-27(14-18(21)16-28)15-20-22-6-7-23-20/h6-7,11-12,18,28H,2-5,8-10,13-16H2,1H3,(H,22,23)/t18-/m1/s1. The van der Waals surface area contributed by atoms with E-state index in [-0.39, 0.29) is 12.0 Å². The normalized spacial score (nSPS) is 23.3. The van der Waals surface area contributed by atoms with Crippen LogP contribution in [0.15, 0.2) is 24.8 Å². The van der Waals surface area contributed by atoms with Crippen molar-refractivity contribution in [2.75, 3.05) is 32.8 Å². The second-order valence-corrected chi connectivity index (χ2v) is 8.40. The van der Waals surface area contributed by atoms with Gasteiger partial charge in [0.15, 0.2) is 0 Å². The van der Waals surface area contributed by atoms with E-state index in [1.807, 2.05) is 18.6 Å². The van der Waals surface area contributed by atoms with Gasteiger partial charge in [-0.3, -0.25) is 9.80 Å². The molecule has 0 bridgehead atoms. The Labute approximate surface area is 167 Å². The minimum absolute atomic E-state index is 0.279. The Morgan fingerprint density at radius 1 is 1.07 bits per heavy atom. The van der Waals surface area contributed by atoms with Crippen molar-refractivity contribution in [2.45, 2.75) is 45.7 Å². The maximum atomic E-state index is 10.1. The second-order valence-electron chi connectivity index (χ2n) is 8.40. The number of aliphatic hydroxyl groups excluding tert-OH is 1. The van der Waals surface area contributed by atoms with Gasteiger partial charge in [-0.25, -0.2) is 15.0 Å². The van der Waals surface area contributed by atoms with E-state index in [2.05, 4.69) is 36.7 Å². The number of hydrogen-bond donors (Lipinski definition) is 2. The molecule has 2 saturated heterocycles. The number of nitrogens with one attached hydrogen (secondary N) is 1. The van der Waals surface area contributed by atoms with Crippen LogP contribution in [0.2, 0.25) is 0 Å². The van der Waals surface area contributed by atoms with Gasteiger partial charge in [-0.15, -0.1) is 0 Å². The first kappa shape index (κ1) is 19.5. The van der Waals surface area contributed by atoms with Crippen LogP contribution in [0.3, 0.4) is 0 Å². The van der Waals surface area contributed by atoms with Gasteiger partial charge in [-0.1, -0.05) is 6.92 Å². The maximum absolute atomic E-state index is 10.1. The van der Waals surface area contributed by atoms with Crippen molar-refractivity contribution < 1.29 is 5.11 Å². The van der Waals surface area contributed by atoms with Gasteiger partial charge in [0.05, 0.1) is 6.54 Å². The largest absolute Gasteiger partial charge is 0.396 e. The highest BCUT2D eigenvalue weighted by molar-refractivity contribution is 5.06. The van der Waals surface area contributed by atoms with Crippen molar-refractivity contribution in [1.82, 2.24) is 29.7 Å². The fourth-order valence-corrected chi connectivity index (χ4v) is 4.89. The topological polar surface area (TPSA) is 81.2 Å². The number of rotatable bonds is 6. The lowest BCUT2D eigenvalue weighted by Crippen LogP contribution is -2.53. The molecule has 2 N–H and O–H groups in total. The van der Waals surface area contributed by atoms with Crippen molar-refractivity contribution in [3.8, 4) is 0 Å². The molecule has 0 aromatic carbocycles. The third-order valence-corrected chi connectivity index (χ3v) is 6.75. The molecule has 28 heavy (non-hydrogen) atoms. The van der Waals surface area contributed by atoms with Gasteiger partial charge < -0.3 is 10.1 Å². The summed E-state index contributed by atoms with van der Waals surface area (Å²) in [6, 6.07) is 0. The highest BCUT2D eigenvalue weighted by atomic mass is 16.3. The molecule has 2 aromatic rings. The van der Waals surface area contributed by atoms with Crippen molar-refractivity contribution in [3.05, 3.63) is 42.0 Å². The average Bonchev–Trinajstić information content (AvgIpc) is 3.25. The van der Waals surface area contributed by atoms with Crippen LogP contribution in [0.4, 0.5) is 0 Å². The molecule has 2 aliphatic heterocycles. The molecular weight excluding hydrogens is 352 g/mol. The van der Waals surface area contributed by atoms with Crippen LogP contribution in [0.1, 0.15) is 43.4 Å². The molecule has 152 valence electrons. The molecule has 4 rings (SSSR count). The molecule has 4 heterocycles. The molecule has 0 aliphatic carbocycles. The van der Waals surface area contributed by atoms with Gasteiger partial charge in [-0.2, -0.15) is 0 Å². The molecule has 0 amide bonds. The smallest absolute Gasteiger partial charge is 0.127 e. The van der Waals surface area contributed by atoms with Gasteiger partial charge in [0.1, 0.15) is 11.6 Å². The summed E-state index contributed by atoms with van der Waals surface area (Å²) in [6.07, 6.45) is 12.0. The predicted octanol–water partition coefficient (Wildman–Crippen LogP) is 1.86. The Bertz CT molecular complexity index is 724. The fourth-order valence-electron chi connectivity index (χ4n) is 4.89. The van der Waals surface area contributed by atoms with Crippen molar-refractivity contribution >= 4 is 0 Å². The Balaban J connectivity index is 1.32. The number of aromatic amines is 1. The highest BCUT2D eigenvalue weighted by Gasteiger charge is 2.44. The van der Waals surface area contributed by atoms with E-state index in [1.54, 1.807) is 6.20 Å². The number of aliphatic hydroxyl groups is 1. The van der Waals surface area contributed by atoms with E-state index in [9.17, 15) is 5.11 Å². The molecule has 0 unspecified atom stereocenters. The summed E-state index contributed by atoms with van der Waals surface area (Å²) in [5, 5.41) is 10.1. The molecule has 2 aromatic heterocycles. The zero-order chi connectivity index (χ0) is 19.4. The van der Waals surface area contributed by atoms with Crippen LogP contribution in [0, 0.1) is 11.3 Å². The van der Waals surface area contributed by atoms with Crippen LogP contribution in [0.5, 0.6) is 0 Å². The fraction of sp³-hybridized carbons (Fsp3) is 0.667. The number of hydrogen-bond acceptors (Lipinski definition) is 6. The summed E-state index contributed by atoms with van der Waals surface area (Å²) < 4.78 is 0. The number of imidazole rings is 1. The van der Waals surface area contributed by atoms with Crippen LogP contribution in [0.25, 0.3) is 0 Å². The molecule has 0 saturated carbocycles. The second kappa shape index (κ2) is 8.68. The first-order valence-electron chi connectivity index (χ1n) is 10.5. The lowest BCUT2D eigenvalue weighted by atomic mass is 9.64. The zero-order valence-electron chi connectivity index (χ0n) is 16.8. The summed E-state index contributed by atoms with van der Waals surface area (Å²) in [4.78, 5) is 21.3. The van der Waals surface area contributed by atoms with Gasteiger partial charge >= 0.3 is 0 Å². The first-order valence-corrected chi connectivity index (χ1v) is 10.5. The quantitative estimate of drug-likeness (QED) is 0.791. The van der Waals surface area contributed by atoms with Gasteiger partial charge in [0.25, 0.3) is 0 Å². The van der Waals surface area contributed by atoms with Crippen LogP contribution >= 0.6 is 0 Å². The number of aryl methyl sites for hydroxylation is 1. The minimum atomic E-state index is 0.279. The lowest BCUT2D eigenvalue weighted by Gasteiger charge is -2.51. The Morgan fingerprint density at radius 3 is 2.39 bits per heavy atom. The Hall–Kier alpha value is -1.83. The number of piperidine rings is 2. The molecule has 2 aliphatic rings. The van der Waals surface area contributed by atoms with Gasteiger partial charge in [0.2, 0.25) is 0 Å². The average molecular weight is 385 g/mol. The zero-order valence-corrected chi connectivity index (χ0v) is 16.8. The minimum Gasteiger partial charge on any atom is -0.396 e. The van der Waals surface area contributed by atoms with Crippen LogP contribution in [-0.4, -0.2) is 67.6 Å². The van der Waals surface area contributed by atoms with Crippen molar-refractivity contribution in [1.29, 1.82) is 0 Å². The SMILES string of the molecule is CCc1ncc(CN2CCC3(CC2)CCN(Cc2ncc[nH]2)C[C@@H]3CO)cn1. The summed E-state index contributed by atoms with van der Waals surface area (Å²) in [5.41, 5.74) is 1.48.